The van der Waals surface area contributed by atoms with Gasteiger partial charge < -0.3 is 14.2 Å². The highest BCUT2D eigenvalue weighted by Crippen LogP contribution is 2.33. The lowest BCUT2D eigenvalue weighted by molar-refractivity contribution is 0.174. The fourth-order valence-corrected chi connectivity index (χ4v) is 4.24. The Morgan fingerprint density at radius 2 is 1.75 bits per heavy atom. The van der Waals surface area contributed by atoms with Crippen LogP contribution < -0.4 is 14.2 Å². The zero-order valence-corrected chi connectivity index (χ0v) is 18.5. The summed E-state index contributed by atoms with van der Waals surface area (Å²) in [6.07, 6.45) is 0. The van der Waals surface area contributed by atoms with Gasteiger partial charge in [0.1, 0.15) is 5.75 Å². The second kappa shape index (κ2) is 9.36. The van der Waals surface area contributed by atoms with Crippen molar-refractivity contribution in [2.45, 2.75) is 18.6 Å². The van der Waals surface area contributed by atoms with E-state index in [4.69, 9.17) is 14.2 Å². The molecular weight excluding hydrogens is 422 g/mol. The molecule has 0 N–H and O–H groups in total. The summed E-state index contributed by atoms with van der Waals surface area (Å²) in [7, 11) is 0. The first kappa shape index (κ1) is 20.5. The Bertz CT molecular complexity index is 1190. The minimum atomic E-state index is 0.267. The van der Waals surface area contributed by atoms with E-state index in [2.05, 4.69) is 52.0 Å². The number of hydrogen-bond acceptors (Lipinski definition) is 6. The van der Waals surface area contributed by atoms with Crippen molar-refractivity contribution in [2.24, 2.45) is 0 Å². The number of hydrogen-bond donors (Lipinski definition) is 0. The monoisotopic (exact) mass is 445 g/mol. The number of benzene rings is 3. The van der Waals surface area contributed by atoms with Gasteiger partial charge in [-0.05, 0) is 36.8 Å². The molecule has 162 valence electrons. The molecule has 0 aliphatic carbocycles. The molecule has 0 radical (unpaired) electrons. The van der Waals surface area contributed by atoms with Crippen molar-refractivity contribution in [3.63, 3.8) is 0 Å². The topological polar surface area (TPSA) is 58.4 Å². The predicted molar refractivity (Wildman–Crippen MR) is 125 cm³/mol. The fraction of sp³-hybridized carbons (Fsp3) is 0.200. The van der Waals surface area contributed by atoms with Gasteiger partial charge in [-0.1, -0.05) is 65.9 Å². The highest BCUT2D eigenvalue weighted by Gasteiger charge is 2.17. The molecule has 3 aromatic carbocycles. The van der Waals surface area contributed by atoms with E-state index in [-0.39, 0.29) is 6.79 Å². The van der Waals surface area contributed by atoms with Crippen molar-refractivity contribution in [1.29, 1.82) is 0 Å². The van der Waals surface area contributed by atoms with Gasteiger partial charge in [0.15, 0.2) is 22.5 Å². The first-order valence-corrected chi connectivity index (χ1v) is 11.4. The molecule has 0 unspecified atom stereocenters. The fourth-order valence-electron chi connectivity index (χ4n) is 3.49. The molecule has 6 nitrogen and oxygen atoms in total. The van der Waals surface area contributed by atoms with Gasteiger partial charge in [0, 0.05) is 11.3 Å². The van der Waals surface area contributed by atoms with Crippen molar-refractivity contribution in [2.75, 3.05) is 19.2 Å². The van der Waals surface area contributed by atoms with E-state index in [0.29, 0.717) is 13.2 Å². The maximum absolute atomic E-state index is 5.87. The number of rotatable bonds is 8. The van der Waals surface area contributed by atoms with Crippen LogP contribution in [0.15, 0.2) is 78.0 Å². The van der Waals surface area contributed by atoms with Crippen LogP contribution in [0.1, 0.15) is 11.1 Å². The lowest BCUT2D eigenvalue weighted by Crippen LogP contribution is -2.06. The number of aryl methyl sites for hydroxylation is 1. The van der Waals surface area contributed by atoms with E-state index < -0.39 is 0 Å². The SMILES string of the molecule is Cc1ccc(OCCSc2nnc(-c3ccccc3)n2Cc2ccc3c(c2)OCO3)cc1. The second-order valence-electron chi connectivity index (χ2n) is 7.46. The summed E-state index contributed by atoms with van der Waals surface area (Å²) >= 11 is 1.64. The molecule has 1 aliphatic heterocycles. The van der Waals surface area contributed by atoms with E-state index in [1.807, 2.05) is 42.5 Å². The van der Waals surface area contributed by atoms with Crippen LogP contribution in [0.2, 0.25) is 0 Å². The van der Waals surface area contributed by atoms with Crippen molar-refractivity contribution in [3.8, 4) is 28.6 Å². The zero-order valence-electron chi connectivity index (χ0n) is 17.7. The predicted octanol–water partition coefficient (Wildman–Crippen LogP) is 5.20. The maximum Gasteiger partial charge on any atom is 0.231 e. The van der Waals surface area contributed by atoms with Gasteiger partial charge in [-0.15, -0.1) is 10.2 Å². The largest absolute Gasteiger partial charge is 0.493 e. The van der Waals surface area contributed by atoms with Crippen molar-refractivity contribution in [3.05, 3.63) is 83.9 Å². The molecular formula is C25H23N3O3S. The van der Waals surface area contributed by atoms with Gasteiger partial charge >= 0.3 is 0 Å². The Morgan fingerprint density at radius 1 is 0.938 bits per heavy atom. The highest BCUT2D eigenvalue weighted by atomic mass is 32.2. The van der Waals surface area contributed by atoms with Crippen LogP contribution in [0.5, 0.6) is 17.2 Å². The molecule has 7 heteroatoms. The van der Waals surface area contributed by atoms with E-state index in [1.54, 1.807) is 11.8 Å². The Labute approximate surface area is 191 Å². The highest BCUT2D eigenvalue weighted by molar-refractivity contribution is 7.99. The molecule has 1 aromatic heterocycles. The maximum atomic E-state index is 5.87. The number of thioether (sulfide) groups is 1. The quantitative estimate of drug-likeness (QED) is 0.274. The molecule has 0 atom stereocenters. The molecule has 1 aliphatic rings. The van der Waals surface area contributed by atoms with Crippen LogP contribution in [-0.2, 0) is 6.54 Å². The third-order valence-corrected chi connectivity index (χ3v) is 6.06. The minimum Gasteiger partial charge on any atom is -0.493 e. The summed E-state index contributed by atoms with van der Waals surface area (Å²) in [4.78, 5) is 0. The van der Waals surface area contributed by atoms with Gasteiger partial charge in [0.25, 0.3) is 0 Å². The molecule has 0 bridgehead atoms. The van der Waals surface area contributed by atoms with Crippen LogP contribution in [0.25, 0.3) is 11.4 Å². The first-order chi connectivity index (χ1) is 15.8. The Kier molecular flexibility index (Phi) is 5.98. The summed E-state index contributed by atoms with van der Waals surface area (Å²) in [6.45, 7) is 3.56. The molecule has 0 saturated carbocycles. The molecule has 2 heterocycles. The Morgan fingerprint density at radius 3 is 2.59 bits per heavy atom. The second-order valence-corrected chi connectivity index (χ2v) is 8.52. The summed E-state index contributed by atoms with van der Waals surface area (Å²) in [5.74, 6) is 4.04. The van der Waals surface area contributed by atoms with E-state index in [9.17, 15) is 0 Å². The smallest absolute Gasteiger partial charge is 0.231 e. The normalized spacial score (nSPS) is 12.2. The average molecular weight is 446 g/mol. The molecule has 0 fully saturated rings. The molecule has 0 amide bonds. The molecule has 4 aromatic rings. The van der Waals surface area contributed by atoms with E-state index in [1.165, 1.54) is 5.56 Å². The number of nitrogens with zero attached hydrogens (tertiary/aromatic N) is 3. The van der Waals surface area contributed by atoms with Crippen LogP contribution in [0, 0.1) is 6.92 Å². The van der Waals surface area contributed by atoms with Gasteiger partial charge in [-0.2, -0.15) is 0 Å². The minimum absolute atomic E-state index is 0.267. The first-order valence-electron chi connectivity index (χ1n) is 10.5. The zero-order chi connectivity index (χ0) is 21.8. The third kappa shape index (κ3) is 4.57. The Balaban J connectivity index is 1.33. The summed E-state index contributed by atoms with van der Waals surface area (Å²) in [5.41, 5.74) is 3.35. The van der Waals surface area contributed by atoms with Gasteiger partial charge in [-0.3, -0.25) is 4.57 Å². The summed E-state index contributed by atoms with van der Waals surface area (Å²) < 4.78 is 19.0. The lowest BCUT2D eigenvalue weighted by atomic mass is 10.2. The van der Waals surface area contributed by atoms with Crippen molar-refractivity contribution in [1.82, 2.24) is 14.8 Å². The summed E-state index contributed by atoms with van der Waals surface area (Å²) in [6, 6.07) is 24.2. The molecule has 0 spiro atoms. The lowest BCUT2D eigenvalue weighted by Gasteiger charge is -2.11. The van der Waals surface area contributed by atoms with Gasteiger partial charge in [0.2, 0.25) is 6.79 Å². The average Bonchev–Trinajstić information content (AvgIpc) is 3.45. The Hall–Kier alpha value is -3.45. The number of ether oxygens (including phenoxy) is 3. The standard InChI is InChI=1S/C25H23N3O3S/c1-18-7-10-21(11-8-18)29-13-14-32-25-27-26-24(20-5-3-2-4-6-20)28(25)16-19-9-12-22-23(15-19)31-17-30-22/h2-12,15H,13-14,16-17H2,1H3. The van der Waals surface area contributed by atoms with Crippen molar-refractivity contribution < 1.29 is 14.2 Å². The molecule has 0 saturated heterocycles. The van der Waals surface area contributed by atoms with Crippen molar-refractivity contribution >= 4 is 11.8 Å². The van der Waals surface area contributed by atoms with Crippen LogP contribution in [-0.4, -0.2) is 33.9 Å². The van der Waals surface area contributed by atoms with E-state index in [0.717, 1.165) is 45.1 Å². The van der Waals surface area contributed by atoms with Crippen LogP contribution in [0.4, 0.5) is 0 Å². The number of fused-ring (bicyclic) bond motifs is 1. The van der Waals surface area contributed by atoms with Gasteiger partial charge in [0.05, 0.1) is 13.2 Å². The van der Waals surface area contributed by atoms with Gasteiger partial charge in [-0.25, -0.2) is 0 Å². The number of aromatic nitrogens is 3. The molecule has 32 heavy (non-hydrogen) atoms. The van der Waals surface area contributed by atoms with E-state index >= 15 is 0 Å². The van der Waals surface area contributed by atoms with Crippen LogP contribution >= 0.6 is 11.8 Å². The van der Waals surface area contributed by atoms with Crippen LogP contribution in [0.3, 0.4) is 0 Å². The third-order valence-electron chi connectivity index (χ3n) is 5.13. The summed E-state index contributed by atoms with van der Waals surface area (Å²) in [5, 5.41) is 9.83. The molecule has 5 rings (SSSR count).